The third-order valence-electron chi connectivity index (χ3n) is 4.71. The number of rotatable bonds is 7. The SMILES string of the molecule is COc1cc(/C=C2\SC(=O)N(CC(=O)N3CCCCC3)C2=O)ccc1OCC(=O)O. The zero-order valence-electron chi connectivity index (χ0n) is 16.5. The van der Waals surface area contributed by atoms with E-state index in [0.717, 1.165) is 35.9 Å². The maximum absolute atomic E-state index is 12.7. The van der Waals surface area contributed by atoms with Gasteiger partial charge in [0, 0.05) is 13.1 Å². The van der Waals surface area contributed by atoms with E-state index in [0.29, 0.717) is 24.4 Å². The second-order valence-corrected chi connectivity index (χ2v) is 7.80. The van der Waals surface area contributed by atoms with Gasteiger partial charge in [-0.25, -0.2) is 4.79 Å². The summed E-state index contributed by atoms with van der Waals surface area (Å²) in [7, 11) is 1.41. The summed E-state index contributed by atoms with van der Waals surface area (Å²) in [5.74, 6) is -1.31. The number of carboxylic acid groups (broad SMARTS) is 1. The van der Waals surface area contributed by atoms with Crippen LogP contribution in [0.15, 0.2) is 23.1 Å². The average Bonchev–Trinajstić information content (AvgIpc) is 3.00. The third kappa shape index (κ3) is 5.12. The number of hydrogen-bond acceptors (Lipinski definition) is 7. The average molecular weight is 434 g/mol. The summed E-state index contributed by atoms with van der Waals surface area (Å²) in [6.07, 6.45) is 4.47. The number of likely N-dealkylation sites (tertiary alicyclic amines) is 1. The van der Waals surface area contributed by atoms with E-state index in [4.69, 9.17) is 14.6 Å². The summed E-state index contributed by atoms with van der Waals surface area (Å²) in [5.41, 5.74) is 0.572. The van der Waals surface area contributed by atoms with Crippen molar-refractivity contribution in [3.8, 4) is 11.5 Å². The molecule has 2 saturated heterocycles. The predicted octanol–water partition coefficient (Wildman–Crippen LogP) is 2.21. The molecule has 0 spiro atoms. The van der Waals surface area contributed by atoms with Crippen LogP contribution < -0.4 is 9.47 Å². The summed E-state index contributed by atoms with van der Waals surface area (Å²) in [6, 6.07) is 4.72. The second kappa shape index (κ2) is 9.66. The van der Waals surface area contributed by atoms with Crippen molar-refractivity contribution < 1.29 is 33.8 Å². The van der Waals surface area contributed by atoms with Crippen molar-refractivity contribution in [1.29, 1.82) is 0 Å². The molecule has 0 atom stereocenters. The number of nitrogens with zero attached hydrogens (tertiary/aromatic N) is 2. The van der Waals surface area contributed by atoms with E-state index < -0.39 is 23.7 Å². The van der Waals surface area contributed by atoms with Crippen LogP contribution in [0.5, 0.6) is 11.5 Å². The number of piperidine rings is 1. The van der Waals surface area contributed by atoms with Crippen molar-refractivity contribution in [3.05, 3.63) is 28.7 Å². The molecule has 1 aromatic carbocycles. The smallest absolute Gasteiger partial charge is 0.341 e. The van der Waals surface area contributed by atoms with Crippen molar-refractivity contribution in [2.45, 2.75) is 19.3 Å². The molecule has 2 fully saturated rings. The van der Waals surface area contributed by atoms with Crippen LogP contribution in [0.4, 0.5) is 4.79 Å². The van der Waals surface area contributed by atoms with Crippen LogP contribution in [0.3, 0.4) is 0 Å². The number of benzene rings is 1. The molecule has 0 unspecified atom stereocenters. The summed E-state index contributed by atoms with van der Waals surface area (Å²) in [5, 5.41) is 8.25. The maximum atomic E-state index is 12.7. The van der Waals surface area contributed by atoms with Gasteiger partial charge in [-0.3, -0.25) is 19.3 Å². The van der Waals surface area contributed by atoms with Gasteiger partial charge in [-0.05, 0) is 54.8 Å². The fourth-order valence-electron chi connectivity index (χ4n) is 3.20. The Balaban J connectivity index is 1.71. The Labute approximate surface area is 177 Å². The number of hydrogen-bond donors (Lipinski definition) is 1. The van der Waals surface area contributed by atoms with Crippen LogP contribution in [-0.4, -0.2) is 71.3 Å². The third-order valence-corrected chi connectivity index (χ3v) is 5.62. The lowest BCUT2D eigenvalue weighted by atomic mass is 10.1. The van der Waals surface area contributed by atoms with Crippen LogP contribution in [0.1, 0.15) is 24.8 Å². The molecule has 1 N–H and O–H groups in total. The van der Waals surface area contributed by atoms with Crippen LogP contribution in [0.25, 0.3) is 6.08 Å². The molecule has 0 radical (unpaired) electrons. The molecule has 0 aromatic heterocycles. The number of amides is 3. The van der Waals surface area contributed by atoms with Crippen molar-refractivity contribution in [1.82, 2.24) is 9.80 Å². The first kappa shape index (κ1) is 21.7. The van der Waals surface area contributed by atoms with E-state index in [1.165, 1.54) is 19.3 Å². The summed E-state index contributed by atoms with van der Waals surface area (Å²) < 4.78 is 10.4. The fourth-order valence-corrected chi connectivity index (χ4v) is 4.04. The van der Waals surface area contributed by atoms with Crippen molar-refractivity contribution in [2.24, 2.45) is 0 Å². The van der Waals surface area contributed by atoms with Crippen molar-refractivity contribution in [3.63, 3.8) is 0 Å². The lowest BCUT2D eigenvalue weighted by Crippen LogP contribution is -2.44. The molecular formula is C20H22N2O7S. The number of aliphatic carboxylic acids is 1. The summed E-state index contributed by atoms with van der Waals surface area (Å²) in [4.78, 5) is 50.9. The highest BCUT2D eigenvalue weighted by molar-refractivity contribution is 8.18. The Bertz CT molecular complexity index is 893. The summed E-state index contributed by atoms with van der Waals surface area (Å²) in [6.45, 7) is 0.537. The minimum atomic E-state index is -1.12. The van der Waals surface area contributed by atoms with Crippen LogP contribution in [0, 0.1) is 0 Å². The van der Waals surface area contributed by atoms with E-state index in [9.17, 15) is 19.2 Å². The lowest BCUT2D eigenvalue weighted by Gasteiger charge is -2.27. The first-order valence-electron chi connectivity index (χ1n) is 9.45. The van der Waals surface area contributed by atoms with Gasteiger partial charge >= 0.3 is 5.97 Å². The van der Waals surface area contributed by atoms with Gasteiger partial charge in [-0.15, -0.1) is 0 Å². The monoisotopic (exact) mass is 434 g/mol. The number of carbonyl (C=O) groups excluding carboxylic acids is 3. The van der Waals surface area contributed by atoms with Crippen LogP contribution in [-0.2, 0) is 14.4 Å². The topological polar surface area (TPSA) is 113 Å². The molecule has 2 aliphatic heterocycles. The molecule has 9 nitrogen and oxygen atoms in total. The minimum absolute atomic E-state index is 0.202. The number of imide groups is 1. The van der Waals surface area contributed by atoms with Gasteiger partial charge < -0.3 is 19.5 Å². The number of thioether (sulfide) groups is 1. The lowest BCUT2D eigenvalue weighted by molar-refractivity contribution is -0.139. The van der Waals surface area contributed by atoms with Crippen LogP contribution >= 0.6 is 11.8 Å². The Morgan fingerprint density at radius 2 is 1.90 bits per heavy atom. The number of ether oxygens (including phenoxy) is 2. The first-order valence-corrected chi connectivity index (χ1v) is 10.3. The highest BCUT2D eigenvalue weighted by atomic mass is 32.2. The molecule has 0 bridgehead atoms. The molecule has 30 heavy (non-hydrogen) atoms. The normalized spacial score (nSPS) is 18.1. The van der Waals surface area contributed by atoms with Gasteiger partial charge in [0.2, 0.25) is 5.91 Å². The summed E-state index contributed by atoms with van der Waals surface area (Å²) >= 11 is 0.775. The van der Waals surface area contributed by atoms with E-state index in [1.54, 1.807) is 17.0 Å². The Morgan fingerprint density at radius 3 is 2.57 bits per heavy atom. The molecule has 160 valence electrons. The molecule has 1 aromatic rings. The van der Waals surface area contributed by atoms with Crippen molar-refractivity contribution in [2.75, 3.05) is 33.4 Å². The number of carboxylic acids is 1. The van der Waals surface area contributed by atoms with Crippen LogP contribution in [0.2, 0.25) is 0 Å². The first-order chi connectivity index (χ1) is 14.4. The predicted molar refractivity (Wildman–Crippen MR) is 109 cm³/mol. The van der Waals surface area contributed by atoms with Gasteiger partial charge in [0.1, 0.15) is 6.54 Å². The van der Waals surface area contributed by atoms with E-state index in [2.05, 4.69) is 0 Å². The fraction of sp³-hybridized carbons (Fsp3) is 0.400. The Morgan fingerprint density at radius 1 is 1.17 bits per heavy atom. The molecule has 2 aliphatic rings. The highest BCUT2D eigenvalue weighted by Gasteiger charge is 2.37. The molecule has 3 rings (SSSR count). The number of methoxy groups -OCH3 is 1. The number of carbonyl (C=O) groups is 4. The zero-order valence-corrected chi connectivity index (χ0v) is 17.3. The minimum Gasteiger partial charge on any atom is -0.493 e. The van der Waals surface area contributed by atoms with Gasteiger partial charge in [-0.1, -0.05) is 6.07 Å². The molecule has 0 saturated carbocycles. The molecule has 3 amide bonds. The molecule has 2 heterocycles. The standard InChI is InChI=1S/C20H22N2O7S/c1-28-15-9-13(5-6-14(15)29-12-18(24)25)10-16-19(26)22(20(27)30-16)11-17(23)21-7-3-2-4-8-21/h5-6,9-10H,2-4,7-8,11-12H2,1H3,(H,24,25)/b16-10-. The van der Waals surface area contributed by atoms with Gasteiger partial charge in [0.25, 0.3) is 11.1 Å². The van der Waals surface area contributed by atoms with Gasteiger partial charge in [0.05, 0.1) is 12.0 Å². The van der Waals surface area contributed by atoms with E-state index in [-0.39, 0.29) is 23.1 Å². The van der Waals surface area contributed by atoms with E-state index >= 15 is 0 Å². The molecule has 10 heteroatoms. The quantitative estimate of drug-likeness (QED) is 0.650. The van der Waals surface area contributed by atoms with Crippen molar-refractivity contribution >= 4 is 40.9 Å². The second-order valence-electron chi connectivity index (χ2n) is 6.80. The van der Waals surface area contributed by atoms with E-state index in [1.807, 2.05) is 0 Å². The zero-order chi connectivity index (χ0) is 21.7. The Kier molecular flexibility index (Phi) is 6.99. The Hall–Kier alpha value is -3.01. The van der Waals surface area contributed by atoms with Gasteiger partial charge in [-0.2, -0.15) is 0 Å². The maximum Gasteiger partial charge on any atom is 0.341 e. The largest absolute Gasteiger partial charge is 0.493 e. The molecular weight excluding hydrogens is 412 g/mol. The molecule has 0 aliphatic carbocycles. The highest BCUT2D eigenvalue weighted by Crippen LogP contribution is 2.34. The van der Waals surface area contributed by atoms with Gasteiger partial charge in [0.15, 0.2) is 18.1 Å².